The Kier molecular flexibility index (Phi) is 2.68. The van der Waals surface area contributed by atoms with Crippen molar-refractivity contribution in [1.29, 1.82) is 0 Å². The van der Waals surface area contributed by atoms with Crippen molar-refractivity contribution >= 4 is 22.8 Å². The summed E-state index contributed by atoms with van der Waals surface area (Å²) in [5.74, 6) is -2.70. The number of halogens is 1. The van der Waals surface area contributed by atoms with Crippen LogP contribution in [0.3, 0.4) is 0 Å². The quantitative estimate of drug-likeness (QED) is 0.782. The average Bonchev–Trinajstić information content (AvgIpc) is 2.29. The molecule has 0 bridgehead atoms. The Labute approximate surface area is 91.6 Å². The molecule has 1 N–H and O–H groups in total. The van der Waals surface area contributed by atoms with E-state index < -0.39 is 11.8 Å². The molecule has 0 atom stereocenters. The molecule has 0 aromatic heterocycles. The van der Waals surface area contributed by atoms with Crippen LogP contribution in [0.2, 0.25) is 0 Å². The van der Waals surface area contributed by atoms with E-state index in [4.69, 9.17) is 5.11 Å². The Morgan fingerprint density at radius 2 is 1.81 bits per heavy atom. The Morgan fingerprint density at radius 1 is 1.12 bits per heavy atom. The van der Waals surface area contributed by atoms with Crippen LogP contribution in [0.1, 0.15) is 5.56 Å². The van der Waals surface area contributed by atoms with E-state index in [-0.39, 0.29) is 0 Å². The Hall–Kier alpha value is -2.16. The minimum atomic E-state index is -1.55. The number of hydrogen-bond donors (Lipinski definition) is 1. The molecule has 2 aromatic carbocycles. The third kappa shape index (κ3) is 1.93. The summed E-state index contributed by atoms with van der Waals surface area (Å²) in [5.41, 5.74) is 0.568. The Morgan fingerprint density at radius 3 is 2.56 bits per heavy atom. The van der Waals surface area contributed by atoms with Crippen molar-refractivity contribution in [3.63, 3.8) is 0 Å². The minimum absolute atomic E-state index is 0.568. The van der Waals surface area contributed by atoms with Gasteiger partial charge < -0.3 is 5.11 Å². The van der Waals surface area contributed by atoms with Gasteiger partial charge in [0.1, 0.15) is 0 Å². The molecule has 0 spiro atoms. The van der Waals surface area contributed by atoms with Crippen molar-refractivity contribution in [2.75, 3.05) is 0 Å². The number of carboxylic acid groups (broad SMARTS) is 1. The first kappa shape index (κ1) is 10.4. The smallest absolute Gasteiger partial charge is 0.364 e. The summed E-state index contributed by atoms with van der Waals surface area (Å²) < 4.78 is 13.0. The van der Waals surface area contributed by atoms with E-state index in [0.29, 0.717) is 5.56 Å². The van der Waals surface area contributed by atoms with E-state index in [1.807, 2.05) is 30.3 Å². The van der Waals surface area contributed by atoms with Gasteiger partial charge in [-0.05, 0) is 22.4 Å². The molecule has 0 heterocycles. The van der Waals surface area contributed by atoms with Crippen LogP contribution >= 0.6 is 0 Å². The molecular formula is C13H9FO2. The molecule has 0 aliphatic heterocycles. The van der Waals surface area contributed by atoms with Crippen molar-refractivity contribution in [2.24, 2.45) is 0 Å². The van der Waals surface area contributed by atoms with Crippen LogP contribution in [-0.4, -0.2) is 11.1 Å². The van der Waals surface area contributed by atoms with Gasteiger partial charge in [0.15, 0.2) is 0 Å². The number of carboxylic acids is 1. The second-order valence-corrected chi connectivity index (χ2v) is 3.37. The summed E-state index contributed by atoms with van der Waals surface area (Å²) >= 11 is 0. The lowest BCUT2D eigenvalue weighted by Gasteiger charge is -2.01. The van der Waals surface area contributed by atoms with Crippen molar-refractivity contribution in [1.82, 2.24) is 0 Å². The number of aliphatic carboxylic acids is 1. The molecule has 0 unspecified atom stereocenters. The van der Waals surface area contributed by atoms with Crippen LogP contribution in [0.4, 0.5) is 4.39 Å². The van der Waals surface area contributed by atoms with Gasteiger partial charge in [-0.15, -0.1) is 0 Å². The molecule has 2 aromatic rings. The molecule has 80 valence electrons. The maximum Gasteiger partial charge on any atom is 0.364 e. The van der Waals surface area contributed by atoms with E-state index in [1.165, 1.54) is 0 Å². The topological polar surface area (TPSA) is 37.3 Å². The molecule has 0 saturated carbocycles. The lowest BCUT2D eigenvalue weighted by molar-refractivity contribution is -0.134. The molecule has 2 rings (SSSR count). The van der Waals surface area contributed by atoms with Gasteiger partial charge in [-0.3, -0.25) is 0 Å². The first-order chi connectivity index (χ1) is 7.68. The van der Waals surface area contributed by atoms with Crippen molar-refractivity contribution < 1.29 is 14.3 Å². The van der Waals surface area contributed by atoms with Crippen LogP contribution in [0.25, 0.3) is 16.8 Å². The normalized spacial score (nSPS) is 11.7. The second-order valence-electron chi connectivity index (χ2n) is 3.37. The molecule has 0 saturated heterocycles. The lowest BCUT2D eigenvalue weighted by Crippen LogP contribution is -1.94. The minimum Gasteiger partial charge on any atom is -0.476 e. The second kappa shape index (κ2) is 4.14. The zero-order valence-corrected chi connectivity index (χ0v) is 8.35. The standard InChI is InChI=1S/C13H9FO2/c14-12(13(15)16)8-10-6-3-5-9-4-1-2-7-11(9)10/h1-8H,(H,15,16)/b12-8-. The van der Waals surface area contributed by atoms with Crippen LogP contribution < -0.4 is 0 Å². The summed E-state index contributed by atoms with van der Waals surface area (Å²) in [7, 11) is 0. The summed E-state index contributed by atoms with van der Waals surface area (Å²) in [6.45, 7) is 0. The monoisotopic (exact) mass is 216 g/mol. The molecule has 0 amide bonds. The summed E-state index contributed by atoms with van der Waals surface area (Å²) in [5, 5.41) is 10.3. The van der Waals surface area contributed by atoms with E-state index in [1.54, 1.807) is 12.1 Å². The summed E-state index contributed by atoms with van der Waals surface area (Å²) in [6, 6.07) is 12.8. The zero-order chi connectivity index (χ0) is 11.5. The largest absolute Gasteiger partial charge is 0.476 e. The van der Waals surface area contributed by atoms with Gasteiger partial charge in [-0.25, -0.2) is 4.79 Å². The van der Waals surface area contributed by atoms with Crippen molar-refractivity contribution in [3.05, 3.63) is 53.9 Å². The van der Waals surface area contributed by atoms with E-state index >= 15 is 0 Å². The average molecular weight is 216 g/mol. The van der Waals surface area contributed by atoms with Crippen LogP contribution in [-0.2, 0) is 4.79 Å². The van der Waals surface area contributed by atoms with Crippen LogP contribution in [0.5, 0.6) is 0 Å². The van der Waals surface area contributed by atoms with Crippen LogP contribution in [0.15, 0.2) is 48.3 Å². The van der Waals surface area contributed by atoms with Gasteiger partial charge in [0.2, 0.25) is 5.83 Å². The first-order valence-electron chi connectivity index (χ1n) is 4.77. The van der Waals surface area contributed by atoms with Gasteiger partial charge in [-0.2, -0.15) is 4.39 Å². The maximum absolute atomic E-state index is 13.0. The molecule has 0 aliphatic carbocycles. The lowest BCUT2D eigenvalue weighted by atomic mass is 10.0. The molecule has 0 aliphatic rings. The highest BCUT2D eigenvalue weighted by molar-refractivity contribution is 5.96. The third-order valence-corrected chi connectivity index (χ3v) is 2.31. The fraction of sp³-hybridized carbons (Fsp3) is 0. The molecule has 3 heteroatoms. The molecule has 0 fully saturated rings. The van der Waals surface area contributed by atoms with Gasteiger partial charge in [0.05, 0.1) is 0 Å². The predicted molar refractivity (Wildman–Crippen MR) is 60.7 cm³/mol. The van der Waals surface area contributed by atoms with E-state index in [0.717, 1.165) is 16.8 Å². The number of rotatable bonds is 2. The van der Waals surface area contributed by atoms with Gasteiger partial charge in [-0.1, -0.05) is 42.5 Å². The predicted octanol–water partition coefficient (Wildman–Crippen LogP) is 3.23. The Balaban J connectivity index is 2.61. The first-order valence-corrected chi connectivity index (χ1v) is 4.77. The highest BCUT2D eigenvalue weighted by Crippen LogP contribution is 2.21. The Bertz CT molecular complexity index is 568. The highest BCUT2D eigenvalue weighted by Gasteiger charge is 2.06. The molecule has 0 radical (unpaired) electrons. The fourth-order valence-corrected chi connectivity index (χ4v) is 1.57. The van der Waals surface area contributed by atoms with E-state index in [2.05, 4.69) is 0 Å². The third-order valence-electron chi connectivity index (χ3n) is 2.31. The summed E-state index contributed by atoms with van der Waals surface area (Å²) in [4.78, 5) is 10.4. The van der Waals surface area contributed by atoms with Crippen molar-refractivity contribution in [2.45, 2.75) is 0 Å². The number of carbonyl (C=O) groups is 1. The van der Waals surface area contributed by atoms with Gasteiger partial charge in [0.25, 0.3) is 0 Å². The highest BCUT2D eigenvalue weighted by atomic mass is 19.1. The number of hydrogen-bond acceptors (Lipinski definition) is 1. The number of fused-ring (bicyclic) bond motifs is 1. The maximum atomic E-state index is 13.0. The van der Waals surface area contributed by atoms with E-state index in [9.17, 15) is 9.18 Å². The SMILES string of the molecule is O=C(O)/C(F)=C/c1cccc2ccccc12. The molecule has 16 heavy (non-hydrogen) atoms. The number of benzene rings is 2. The zero-order valence-electron chi connectivity index (χ0n) is 8.35. The fourth-order valence-electron chi connectivity index (χ4n) is 1.57. The molecule has 2 nitrogen and oxygen atoms in total. The van der Waals surface area contributed by atoms with Gasteiger partial charge >= 0.3 is 5.97 Å². The summed E-state index contributed by atoms with van der Waals surface area (Å²) in [6.07, 6.45) is 1.03. The van der Waals surface area contributed by atoms with Crippen molar-refractivity contribution in [3.8, 4) is 0 Å². The van der Waals surface area contributed by atoms with Crippen LogP contribution in [0, 0.1) is 0 Å². The molecular weight excluding hydrogens is 207 g/mol. The van der Waals surface area contributed by atoms with Gasteiger partial charge in [0, 0.05) is 0 Å².